The number of aromatic hydroxyl groups is 1. The standard InChI is InChI=1S/C34H38ClN7O8S/c35-27-2-1-24(30(43)17-27)5-16-51(47,48)41-22-28(18-31(44)39-8-12-49-13-9-39)42(29(23-41)19-32(45)40-10-14-50-15-11-40)34(46)26-20-37-33(38-21-26)25-3-6-36-7-4-25/h1-7,16-17,20-21,28-29,43H,8-15,18-19,22-23H2/b16-5+. The number of sulfonamides is 1. The minimum Gasteiger partial charge on any atom is -0.507 e. The number of aromatic nitrogens is 3. The number of amides is 3. The third kappa shape index (κ3) is 8.88. The maximum absolute atomic E-state index is 14.4. The van der Waals surface area contributed by atoms with Crippen molar-refractivity contribution >= 4 is 45.4 Å². The highest BCUT2D eigenvalue weighted by atomic mass is 35.5. The van der Waals surface area contributed by atoms with E-state index in [1.54, 1.807) is 34.3 Å². The fourth-order valence-electron chi connectivity index (χ4n) is 6.31. The second kappa shape index (κ2) is 16.2. The number of ether oxygens (including phenoxy) is 2. The quantitative estimate of drug-likeness (QED) is 0.339. The van der Waals surface area contributed by atoms with E-state index in [9.17, 15) is 27.9 Å². The van der Waals surface area contributed by atoms with Crippen LogP contribution in [0.5, 0.6) is 5.75 Å². The molecular weight excluding hydrogens is 702 g/mol. The molecule has 0 saturated carbocycles. The number of carbonyl (C=O) groups is 3. The van der Waals surface area contributed by atoms with Gasteiger partial charge in [-0.15, -0.1) is 0 Å². The Kier molecular flexibility index (Phi) is 11.6. The predicted molar refractivity (Wildman–Crippen MR) is 186 cm³/mol. The molecule has 3 fully saturated rings. The number of phenols is 1. The summed E-state index contributed by atoms with van der Waals surface area (Å²) in [5.74, 6) is -0.908. The average molecular weight is 740 g/mol. The van der Waals surface area contributed by atoms with Crippen molar-refractivity contribution in [2.24, 2.45) is 0 Å². The van der Waals surface area contributed by atoms with Crippen LogP contribution in [0.25, 0.3) is 17.5 Å². The van der Waals surface area contributed by atoms with E-state index in [-0.39, 0.29) is 59.6 Å². The Balaban J connectivity index is 1.34. The molecule has 3 saturated heterocycles. The number of hydrogen-bond donors (Lipinski definition) is 1. The molecule has 51 heavy (non-hydrogen) atoms. The van der Waals surface area contributed by atoms with E-state index in [4.69, 9.17) is 21.1 Å². The summed E-state index contributed by atoms with van der Waals surface area (Å²) in [5.41, 5.74) is 1.05. The first kappa shape index (κ1) is 36.3. The van der Waals surface area contributed by atoms with Gasteiger partial charge in [0.2, 0.25) is 21.8 Å². The molecule has 1 N–H and O–H groups in total. The van der Waals surface area contributed by atoms with Gasteiger partial charge in [0.05, 0.1) is 44.1 Å². The number of pyridine rings is 1. The summed E-state index contributed by atoms with van der Waals surface area (Å²) in [7, 11) is -4.19. The summed E-state index contributed by atoms with van der Waals surface area (Å²) < 4.78 is 39.8. The normalized spacial score (nSPS) is 20.5. The monoisotopic (exact) mass is 739 g/mol. The van der Waals surface area contributed by atoms with Gasteiger partial charge < -0.3 is 29.3 Å². The van der Waals surface area contributed by atoms with Crippen LogP contribution in [0.4, 0.5) is 0 Å². The first-order valence-electron chi connectivity index (χ1n) is 16.5. The highest BCUT2D eigenvalue weighted by Crippen LogP contribution is 2.29. The van der Waals surface area contributed by atoms with Crippen molar-refractivity contribution in [1.29, 1.82) is 0 Å². The molecule has 2 aromatic heterocycles. The molecule has 3 amide bonds. The largest absolute Gasteiger partial charge is 0.507 e. The SMILES string of the molecule is O=C(CC1CN(S(=O)(=O)/C=C/c2ccc(Cl)cc2O)CC(CC(=O)N2CCOCC2)N1C(=O)c1cnc(-c2ccncc2)nc1)N1CCOCC1. The molecule has 5 heterocycles. The van der Waals surface area contributed by atoms with Crippen LogP contribution in [0.3, 0.4) is 0 Å². The molecule has 270 valence electrons. The Bertz CT molecular complexity index is 1810. The Hall–Kier alpha value is -4.48. The highest BCUT2D eigenvalue weighted by Gasteiger charge is 2.44. The smallest absolute Gasteiger partial charge is 0.257 e. The van der Waals surface area contributed by atoms with E-state index in [1.165, 1.54) is 45.9 Å². The number of hydrogen-bond acceptors (Lipinski definition) is 11. The van der Waals surface area contributed by atoms with Gasteiger partial charge in [0.25, 0.3) is 5.91 Å². The molecule has 3 aromatic rings. The topological polar surface area (TPSA) is 176 Å². The molecule has 1 aromatic carbocycles. The molecular formula is C34H38ClN7O8S. The molecule has 0 aliphatic carbocycles. The summed E-state index contributed by atoms with van der Waals surface area (Å²) in [6, 6.07) is 5.88. The van der Waals surface area contributed by atoms with Crippen LogP contribution in [0, 0.1) is 0 Å². The fourth-order valence-corrected chi connectivity index (χ4v) is 7.73. The van der Waals surface area contributed by atoms with Gasteiger partial charge in [-0.1, -0.05) is 11.6 Å². The lowest BCUT2D eigenvalue weighted by Crippen LogP contribution is -2.63. The van der Waals surface area contributed by atoms with E-state index in [0.29, 0.717) is 64.0 Å². The van der Waals surface area contributed by atoms with E-state index in [0.717, 1.165) is 5.41 Å². The van der Waals surface area contributed by atoms with Crippen molar-refractivity contribution in [3.05, 3.63) is 76.7 Å². The van der Waals surface area contributed by atoms with Gasteiger partial charge >= 0.3 is 0 Å². The van der Waals surface area contributed by atoms with Gasteiger partial charge in [0.1, 0.15) is 5.75 Å². The van der Waals surface area contributed by atoms with Gasteiger partial charge in [-0.25, -0.2) is 18.4 Å². The zero-order chi connectivity index (χ0) is 36.0. The van der Waals surface area contributed by atoms with Crippen molar-refractivity contribution in [1.82, 2.24) is 34.0 Å². The fraction of sp³-hybridized carbons (Fsp3) is 0.412. The van der Waals surface area contributed by atoms with Crippen LogP contribution < -0.4 is 0 Å². The maximum atomic E-state index is 14.4. The van der Waals surface area contributed by atoms with Gasteiger partial charge in [-0.3, -0.25) is 19.4 Å². The summed E-state index contributed by atoms with van der Waals surface area (Å²) in [4.78, 5) is 59.3. The Morgan fingerprint density at radius 2 is 1.41 bits per heavy atom. The number of phenolic OH excluding ortho intramolecular Hbond substituents is 1. The third-order valence-electron chi connectivity index (χ3n) is 9.01. The summed E-state index contributed by atoms with van der Waals surface area (Å²) >= 11 is 5.95. The van der Waals surface area contributed by atoms with E-state index < -0.39 is 28.0 Å². The average Bonchev–Trinajstić information content (AvgIpc) is 3.15. The number of benzene rings is 1. The Morgan fingerprint density at radius 3 is 1.94 bits per heavy atom. The van der Waals surface area contributed by atoms with E-state index >= 15 is 0 Å². The Labute approximate surface area is 300 Å². The molecule has 2 unspecified atom stereocenters. The number of rotatable bonds is 9. The van der Waals surface area contributed by atoms with Gasteiger partial charge in [0, 0.05) is 98.5 Å². The molecule has 3 aliphatic rings. The van der Waals surface area contributed by atoms with Crippen LogP contribution in [0.1, 0.15) is 28.8 Å². The molecule has 0 spiro atoms. The molecule has 2 atom stereocenters. The van der Waals surface area contributed by atoms with Crippen molar-refractivity contribution < 1.29 is 37.4 Å². The molecule has 0 radical (unpaired) electrons. The highest BCUT2D eigenvalue weighted by molar-refractivity contribution is 7.92. The van der Waals surface area contributed by atoms with Crippen LogP contribution in [-0.4, -0.2) is 143 Å². The van der Waals surface area contributed by atoms with Gasteiger partial charge in [-0.2, -0.15) is 4.31 Å². The zero-order valence-corrected chi connectivity index (χ0v) is 29.3. The number of morpholine rings is 2. The number of halogens is 1. The van der Waals surface area contributed by atoms with Gasteiger partial charge in [-0.05, 0) is 36.4 Å². The predicted octanol–water partition coefficient (Wildman–Crippen LogP) is 1.89. The summed E-state index contributed by atoms with van der Waals surface area (Å²) in [5, 5.41) is 11.6. The third-order valence-corrected chi connectivity index (χ3v) is 10.7. The van der Waals surface area contributed by atoms with Crippen molar-refractivity contribution in [2.75, 3.05) is 65.7 Å². The van der Waals surface area contributed by atoms with Gasteiger partial charge in [0.15, 0.2) is 5.82 Å². The summed E-state index contributed by atoms with van der Waals surface area (Å²) in [6.45, 7) is 2.43. The second-order valence-electron chi connectivity index (χ2n) is 12.3. The minimum atomic E-state index is -4.19. The first-order chi connectivity index (χ1) is 24.6. The van der Waals surface area contributed by atoms with E-state index in [2.05, 4.69) is 15.0 Å². The van der Waals surface area contributed by atoms with Crippen molar-refractivity contribution in [3.8, 4) is 17.1 Å². The van der Waals surface area contributed by atoms with Crippen molar-refractivity contribution in [3.63, 3.8) is 0 Å². The van der Waals surface area contributed by atoms with Crippen LogP contribution >= 0.6 is 11.6 Å². The first-order valence-corrected chi connectivity index (χ1v) is 18.4. The number of carbonyl (C=O) groups excluding carboxylic acids is 3. The Morgan fingerprint density at radius 1 is 0.863 bits per heavy atom. The lowest BCUT2D eigenvalue weighted by Gasteiger charge is -2.46. The van der Waals surface area contributed by atoms with E-state index in [1.807, 2.05) is 0 Å². The molecule has 15 nitrogen and oxygen atoms in total. The molecule has 3 aliphatic heterocycles. The summed E-state index contributed by atoms with van der Waals surface area (Å²) in [6.07, 6.45) is 6.83. The lowest BCUT2D eigenvalue weighted by molar-refractivity contribution is -0.138. The van der Waals surface area contributed by atoms with Crippen LogP contribution in [0.2, 0.25) is 5.02 Å². The van der Waals surface area contributed by atoms with Crippen LogP contribution in [0.15, 0.2) is 60.5 Å². The molecule has 6 rings (SSSR count). The molecule has 0 bridgehead atoms. The lowest BCUT2D eigenvalue weighted by atomic mass is 9.99. The zero-order valence-electron chi connectivity index (χ0n) is 27.7. The molecule has 17 heteroatoms. The number of piperazine rings is 1. The minimum absolute atomic E-state index is 0.120. The number of nitrogens with zero attached hydrogens (tertiary/aromatic N) is 7. The van der Waals surface area contributed by atoms with Crippen molar-refractivity contribution in [2.45, 2.75) is 24.9 Å². The van der Waals surface area contributed by atoms with Crippen LogP contribution in [-0.2, 0) is 29.1 Å². The second-order valence-corrected chi connectivity index (χ2v) is 14.6. The maximum Gasteiger partial charge on any atom is 0.257 e.